The molecule has 0 aliphatic carbocycles. The minimum atomic E-state index is -0.218. The minimum Gasteiger partial charge on any atom is -0.450 e. The summed E-state index contributed by atoms with van der Waals surface area (Å²) < 4.78 is 11.7. The van der Waals surface area contributed by atoms with E-state index in [9.17, 15) is 4.79 Å². The molecular weight excluding hydrogens is 326 g/mol. The van der Waals surface area contributed by atoms with Crippen molar-refractivity contribution in [1.29, 1.82) is 0 Å². The Morgan fingerprint density at radius 3 is 2.38 bits per heavy atom. The zero-order chi connectivity index (χ0) is 18.4. The molecule has 1 unspecified atom stereocenters. The quantitative estimate of drug-likeness (QED) is 0.780. The van der Waals surface area contributed by atoms with Gasteiger partial charge in [-0.1, -0.05) is 54.6 Å². The molecule has 0 spiro atoms. The highest BCUT2D eigenvalue weighted by atomic mass is 16.6. The Hall–Kier alpha value is -2.33. The average molecular weight is 353 g/mol. The zero-order valence-corrected chi connectivity index (χ0v) is 15.6. The van der Waals surface area contributed by atoms with Crippen LogP contribution in [0.25, 0.3) is 0 Å². The standard InChI is InChI=1S/C22H27NO3/c1-3-25-22(24)23-15-13-19(14-16-23)26-21(18-10-5-4-6-11-18)20-12-8-7-9-17(20)2/h4-12,19,21H,3,13-16H2,1-2H3. The van der Waals surface area contributed by atoms with Gasteiger partial charge in [-0.15, -0.1) is 0 Å². The molecule has 0 N–H and O–H groups in total. The molecule has 1 fully saturated rings. The van der Waals surface area contributed by atoms with Crippen molar-refractivity contribution in [3.05, 3.63) is 71.3 Å². The van der Waals surface area contributed by atoms with Crippen molar-refractivity contribution >= 4 is 6.09 Å². The van der Waals surface area contributed by atoms with Crippen LogP contribution in [-0.4, -0.2) is 36.8 Å². The maximum Gasteiger partial charge on any atom is 0.409 e. The van der Waals surface area contributed by atoms with Crippen LogP contribution in [0.3, 0.4) is 0 Å². The Balaban J connectivity index is 1.72. The van der Waals surface area contributed by atoms with Gasteiger partial charge in [-0.05, 0) is 43.4 Å². The van der Waals surface area contributed by atoms with Crippen LogP contribution in [0.1, 0.15) is 42.6 Å². The molecule has 1 heterocycles. The van der Waals surface area contributed by atoms with Gasteiger partial charge in [0.2, 0.25) is 0 Å². The van der Waals surface area contributed by atoms with Crippen LogP contribution < -0.4 is 0 Å². The third-order valence-corrected chi connectivity index (χ3v) is 4.87. The Bertz CT molecular complexity index is 708. The SMILES string of the molecule is CCOC(=O)N1CCC(OC(c2ccccc2)c2ccccc2C)CC1. The number of ether oxygens (including phenoxy) is 2. The van der Waals surface area contributed by atoms with Crippen LogP contribution in [0.4, 0.5) is 4.79 Å². The minimum absolute atomic E-state index is 0.0865. The van der Waals surface area contributed by atoms with Gasteiger partial charge in [0.25, 0.3) is 0 Å². The Labute approximate surface area is 155 Å². The fourth-order valence-corrected chi connectivity index (χ4v) is 3.42. The van der Waals surface area contributed by atoms with Crippen molar-refractivity contribution in [3.63, 3.8) is 0 Å². The van der Waals surface area contributed by atoms with Crippen molar-refractivity contribution in [2.45, 2.75) is 38.9 Å². The first-order chi connectivity index (χ1) is 12.7. The van der Waals surface area contributed by atoms with Crippen molar-refractivity contribution in [1.82, 2.24) is 4.90 Å². The van der Waals surface area contributed by atoms with E-state index in [1.807, 2.05) is 25.1 Å². The predicted octanol–water partition coefficient (Wildman–Crippen LogP) is 4.72. The molecule has 1 aliphatic heterocycles. The van der Waals surface area contributed by atoms with Gasteiger partial charge in [0, 0.05) is 13.1 Å². The van der Waals surface area contributed by atoms with Gasteiger partial charge < -0.3 is 14.4 Å². The van der Waals surface area contributed by atoms with E-state index in [2.05, 4.69) is 43.3 Å². The maximum atomic E-state index is 11.9. The molecule has 3 rings (SSSR count). The summed E-state index contributed by atoms with van der Waals surface area (Å²) in [5.41, 5.74) is 3.59. The van der Waals surface area contributed by atoms with Gasteiger partial charge in [0.15, 0.2) is 0 Å². The van der Waals surface area contributed by atoms with Crippen LogP contribution in [-0.2, 0) is 9.47 Å². The summed E-state index contributed by atoms with van der Waals surface area (Å²) in [5.74, 6) is 0. The van der Waals surface area contributed by atoms with E-state index < -0.39 is 0 Å². The number of aryl methyl sites for hydroxylation is 1. The molecule has 0 radical (unpaired) electrons. The molecular formula is C22H27NO3. The summed E-state index contributed by atoms with van der Waals surface area (Å²) in [6.45, 7) is 5.73. The lowest BCUT2D eigenvalue weighted by atomic mass is 9.96. The van der Waals surface area contributed by atoms with Gasteiger partial charge in [-0.2, -0.15) is 0 Å². The number of benzene rings is 2. The van der Waals surface area contributed by atoms with Gasteiger partial charge in [0.05, 0.1) is 12.7 Å². The zero-order valence-electron chi connectivity index (χ0n) is 15.6. The molecule has 0 saturated carbocycles. The molecule has 26 heavy (non-hydrogen) atoms. The number of nitrogens with zero attached hydrogens (tertiary/aromatic N) is 1. The van der Waals surface area contributed by atoms with Crippen molar-refractivity contribution in [3.8, 4) is 0 Å². The van der Waals surface area contributed by atoms with E-state index in [0.29, 0.717) is 19.7 Å². The van der Waals surface area contributed by atoms with E-state index in [1.165, 1.54) is 11.1 Å². The second-order valence-electron chi connectivity index (χ2n) is 6.67. The van der Waals surface area contributed by atoms with E-state index >= 15 is 0 Å². The third-order valence-electron chi connectivity index (χ3n) is 4.87. The van der Waals surface area contributed by atoms with Gasteiger partial charge >= 0.3 is 6.09 Å². The monoisotopic (exact) mass is 353 g/mol. The average Bonchev–Trinajstić information content (AvgIpc) is 2.68. The first kappa shape index (κ1) is 18.5. The lowest BCUT2D eigenvalue weighted by Crippen LogP contribution is -2.41. The van der Waals surface area contributed by atoms with E-state index in [-0.39, 0.29) is 18.3 Å². The second kappa shape index (κ2) is 8.86. The fraction of sp³-hybridized carbons (Fsp3) is 0.409. The molecule has 138 valence electrons. The normalized spacial score (nSPS) is 16.3. The summed E-state index contributed by atoms with van der Waals surface area (Å²) in [6, 6.07) is 18.7. The Morgan fingerprint density at radius 1 is 1.08 bits per heavy atom. The number of carbonyl (C=O) groups is 1. The Kier molecular flexibility index (Phi) is 6.29. The molecule has 1 saturated heterocycles. The lowest BCUT2D eigenvalue weighted by molar-refractivity contribution is -0.0261. The summed E-state index contributed by atoms with van der Waals surface area (Å²) in [6.07, 6.45) is 1.48. The van der Waals surface area contributed by atoms with E-state index in [0.717, 1.165) is 18.4 Å². The van der Waals surface area contributed by atoms with Crippen LogP contribution in [0.15, 0.2) is 54.6 Å². The third kappa shape index (κ3) is 4.44. The van der Waals surface area contributed by atoms with Crippen LogP contribution in [0.5, 0.6) is 0 Å². The number of hydrogen-bond acceptors (Lipinski definition) is 3. The molecule has 4 heteroatoms. The summed E-state index contributed by atoms with van der Waals surface area (Å²) in [4.78, 5) is 13.6. The first-order valence-electron chi connectivity index (χ1n) is 9.36. The van der Waals surface area contributed by atoms with E-state index in [1.54, 1.807) is 4.90 Å². The smallest absolute Gasteiger partial charge is 0.409 e. The van der Waals surface area contributed by atoms with Crippen molar-refractivity contribution < 1.29 is 14.3 Å². The molecule has 2 aromatic carbocycles. The summed E-state index contributed by atoms with van der Waals surface area (Å²) >= 11 is 0. The van der Waals surface area contributed by atoms with Crippen molar-refractivity contribution in [2.75, 3.05) is 19.7 Å². The number of carbonyl (C=O) groups excluding carboxylic acids is 1. The number of amides is 1. The molecule has 1 aliphatic rings. The Morgan fingerprint density at radius 2 is 1.73 bits per heavy atom. The maximum absolute atomic E-state index is 11.9. The number of piperidine rings is 1. The highest BCUT2D eigenvalue weighted by Crippen LogP contribution is 2.31. The highest BCUT2D eigenvalue weighted by Gasteiger charge is 2.27. The second-order valence-corrected chi connectivity index (χ2v) is 6.67. The van der Waals surface area contributed by atoms with Crippen LogP contribution in [0.2, 0.25) is 0 Å². The van der Waals surface area contributed by atoms with Gasteiger partial charge in [-0.3, -0.25) is 0 Å². The summed E-state index contributed by atoms with van der Waals surface area (Å²) in [5, 5.41) is 0. The first-order valence-corrected chi connectivity index (χ1v) is 9.36. The molecule has 1 amide bonds. The van der Waals surface area contributed by atoms with Crippen LogP contribution in [0, 0.1) is 6.92 Å². The van der Waals surface area contributed by atoms with Crippen molar-refractivity contribution in [2.24, 2.45) is 0 Å². The largest absolute Gasteiger partial charge is 0.450 e. The predicted molar refractivity (Wildman–Crippen MR) is 102 cm³/mol. The van der Waals surface area contributed by atoms with Gasteiger partial charge in [0.1, 0.15) is 6.10 Å². The molecule has 4 nitrogen and oxygen atoms in total. The number of rotatable bonds is 5. The molecule has 2 aromatic rings. The summed E-state index contributed by atoms with van der Waals surface area (Å²) in [7, 11) is 0. The lowest BCUT2D eigenvalue weighted by Gasteiger charge is -2.34. The van der Waals surface area contributed by atoms with E-state index in [4.69, 9.17) is 9.47 Å². The molecule has 1 atom stereocenters. The number of hydrogen-bond donors (Lipinski definition) is 0. The highest BCUT2D eigenvalue weighted by molar-refractivity contribution is 5.67. The number of likely N-dealkylation sites (tertiary alicyclic amines) is 1. The molecule has 0 bridgehead atoms. The van der Waals surface area contributed by atoms with Crippen LogP contribution >= 0.6 is 0 Å². The van der Waals surface area contributed by atoms with Gasteiger partial charge in [-0.25, -0.2) is 4.79 Å². The topological polar surface area (TPSA) is 38.8 Å². The fourth-order valence-electron chi connectivity index (χ4n) is 3.42. The molecule has 0 aromatic heterocycles.